The van der Waals surface area contributed by atoms with Gasteiger partial charge >= 0.3 is 0 Å². The number of fused-ring (bicyclic) bond motifs is 1. The van der Waals surface area contributed by atoms with Crippen LogP contribution in [0.4, 0.5) is 0 Å². The second kappa shape index (κ2) is 11.0. The van der Waals surface area contributed by atoms with Crippen molar-refractivity contribution in [2.24, 2.45) is 5.92 Å². The highest BCUT2D eigenvalue weighted by Crippen LogP contribution is 2.33. The lowest BCUT2D eigenvalue weighted by Crippen LogP contribution is -2.43. The minimum Gasteiger partial charge on any atom is -0.493 e. The summed E-state index contributed by atoms with van der Waals surface area (Å²) in [7, 11) is 0. The van der Waals surface area contributed by atoms with Crippen LogP contribution in [0.25, 0.3) is 0 Å². The summed E-state index contributed by atoms with van der Waals surface area (Å²) in [6.45, 7) is 5.56. The number of rotatable bonds is 8. The Morgan fingerprint density at radius 1 is 1.00 bits per heavy atom. The van der Waals surface area contributed by atoms with Crippen molar-refractivity contribution in [3.8, 4) is 5.75 Å². The molecule has 0 amide bonds. The van der Waals surface area contributed by atoms with E-state index < -0.39 is 6.10 Å². The summed E-state index contributed by atoms with van der Waals surface area (Å²) in [6, 6.07) is 16.4. The quantitative estimate of drug-likeness (QED) is 0.642. The molecule has 3 aliphatic rings. The number of benzene rings is 2. The molecule has 5 heteroatoms. The van der Waals surface area contributed by atoms with Crippen molar-refractivity contribution in [1.29, 1.82) is 0 Å². The molecule has 34 heavy (non-hydrogen) atoms. The van der Waals surface area contributed by atoms with Crippen molar-refractivity contribution in [3.05, 3.63) is 65.2 Å². The lowest BCUT2D eigenvalue weighted by atomic mass is 9.89. The van der Waals surface area contributed by atoms with E-state index in [1.807, 2.05) is 30.3 Å². The monoisotopic (exact) mass is 462 g/mol. The van der Waals surface area contributed by atoms with E-state index in [0.717, 1.165) is 95.6 Å². The molecule has 2 fully saturated rings. The molecular weight excluding hydrogens is 424 g/mol. The lowest BCUT2D eigenvalue weighted by Gasteiger charge is -2.32. The fourth-order valence-corrected chi connectivity index (χ4v) is 6.01. The summed E-state index contributed by atoms with van der Waals surface area (Å²) in [6.07, 6.45) is 6.43. The molecule has 0 aromatic heterocycles. The van der Waals surface area contributed by atoms with Gasteiger partial charge in [0.25, 0.3) is 0 Å². The Kier molecular flexibility index (Phi) is 7.63. The van der Waals surface area contributed by atoms with Crippen LogP contribution in [0.2, 0.25) is 0 Å². The fourth-order valence-electron chi connectivity index (χ4n) is 6.01. The minimum absolute atomic E-state index is 0.00749. The third kappa shape index (κ3) is 5.37. The Balaban J connectivity index is 1.23. The third-order valence-corrected chi connectivity index (χ3v) is 7.98. The van der Waals surface area contributed by atoms with Crippen molar-refractivity contribution in [2.75, 3.05) is 39.3 Å². The highest BCUT2D eigenvalue weighted by molar-refractivity contribution is 5.89. The zero-order valence-electron chi connectivity index (χ0n) is 20.2. The zero-order valence-corrected chi connectivity index (χ0v) is 20.2. The number of nitrogens with zero attached hydrogens (tertiary/aromatic N) is 2. The Bertz CT molecular complexity index is 957. The van der Waals surface area contributed by atoms with E-state index in [9.17, 15) is 9.90 Å². The number of hydrogen-bond acceptors (Lipinski definition) is 5. The Hall–Kier alpha value is -2.21. The Morgan fingerprint density at radius 3 is 2.65 bits per heavy atom. The molecular formula is C29H38N2O3. The largest absolute Gasteiger partial charge is 0.493 e. The summed E-state index contributed by atoms with van der Waals surface area (Å²) in [5, 5.41) is 11.0. The van der Waals surface area contributed by atoms with Crippen molar-refractivity contribution < 1.29 is 14.6 Å². The number of carbonyl (C=O) groups is 1. The van der Waals surface area contributed by atoms with E-state index in [2.05, 4.69) is 28.0 Å². The molecule has 1 saturated carbocycles. The summed E-state index contributed by atoms with van der Waals surface area (Å²) < 4.78 is 5.64. The van der Waals surface area contributed by atoms with Gasteiger partial charge in [0, 0.05) is 32.6 Å². The van der Waals surface area contributed by atoms with Crippen LogP contribution in [0.1, 0.15) is 54.8 Å². The molecule has 2 unspecified atom stereocenters. The molecule has 2 aliphatic heterocycles. The normalized spacial score (nSPS) is 21.6. The van der Waals surface area contributed by atoms with Gasteiger partial charge in [0.2, 0.25) is 0 Å². The molecule has 0 radical (unpaired) electrons. The fraction of sp³-hybridized carbons (Fsp3) is 0.552. The first-order chi connectivity index (χ1) is 16.7. The van der Waals surface area contributed by atoms with Gasteiger partial charge in [-0.1, -0.05) is 55.3 Å². The first-order valence-corrected chi connectivity index (χ1v) is 13.2. The van der Waals surface area contributed by atoms with E-state index in [1.54, 1.807) is 0 Å². The van der Waals surface area contributed by atoms with Crippen LogP contribution >= 0.6 is 0 Å². The zero-order chi connectivity index (χ0) is 23.3. The second-order valence-electron chi connectivity index (χ2n) is 10.2. The maximum absolute atomic E-state index is 13.6. The van der Waals surface area contributed by atoms with Crippen LogP contribution in [0.15, 0.2) is 48.5 Å². The number of ether oxygens (including phenoxy) is 1. The van der Waals surface area contributed by atoms with Crippen LogP contribution in [-0.2, 0) is 17.6 Å². The smallest absolute Gasteiger partial charge is 0.183 e. The lowest BCUT2D eigenvalue weighted by molar-refractivity contribution is -0.135. The first kappa shape index (κ1) is 23.5. The van der Waals surface area contributed by atoms with Crippen molar-refractivity contribution in [2.45, 2.75) is 57.1 Å². The topological polar surface area (TPSA) is 53.0 Å². The van der Waals surface area contributed by atoms with E-state index in [4.69, 9.17) is 4.74 Å². The predicted molar refractivity (Wildman–Crippen MR) is 134 cm³/mol. The molecule has 1 aliphatic carbocycles. The predicted octanol–water partition coefficient (Wildman–Crippen LogP) is 4.03. The summed E-state index contributed by atoms with van der Waals surface area (Å²) in [4.78, 5) is 18.5. The van der Waals surface area contributed by atoms with Crippen LogP contribution in [0.3, 0.4) is 0 Å². The number of aliphatic hydroxyl groups excluding tert-OH is 1. The maximum Gasteiger partial charge on any atom is 0.183 e. The molecule has 5 rings (SSSR count). The van der Waals surface area contributed by atoms with Crippen molar-refractivity contribution in [3.63, 3.8) is 0 Å². The van der Waals surface area contributed by atoms with E-state index in [1.165, 1.54) is 11.1 Å². The van der Waals surface area contributed by atoms with Gasteiger partial charge in [-0.25, -0.2) is 0 Å². The molecule has 0 bridgehead atoms. The van der Waals surface area contributed by atoms with Gasteiger partial charge in [0.1, 0.15) is 11.9 Å². The first-order valence-electron chi connectivity index (χ1n) is 13.2. The molecule has 2 aromatic rings. The van der Waals surface area contributed by atoms with Gasteiger partial charge in [-0.05, 0) is 60.9 Å². The van der Waals surface area contributed by atoms with Gasteiger partial charge in [-0.3, -0.25) is 9.69 Å². The molecule has 2 aromatic carbocycles. The van der Waals surface area contributed by atoms with Gasteiger partial charge in [0.15, 0.2) is 5.78 Å². The Labute approximate surface area is 203 Å². The maximum atomic E-state index is 13.6. The minimum atomic E-state index is -0.851. The summed E-state index contributed by atoms with van der Waals surface area (Å²) >= 11 is 0. The molecule has 5 nitrogen and oxygen atoms in total. The molecule has 182 valence electrons. The third-order valence-electron chi connectivity index (χ3n) is 7.98. The van der Waals surface area contributed by atoms with Crippen LogP contribution in [-0.4, -0.2) is 66.1 Å². The SMILES string of the molecule is O=C(C(O)C1CCCC1)C(c1ccccc1)N1CCCN(CCc2ccc3c(c2)CCO3)CC1. The molecule has 1 N–H and O–H groups in total. The van der Waals surface area contributed by atoms with Crippen LogP contribution < -0.4 is 4.74 Å². The van der Waals surface area contributed by atoms with Crippen LogP contribution in [0.5, 0.6) is 5.75 Å². The average Bonchev–Trinajstić information content (AvgIpc) is 3.52. The van der Waals surface area contributed by atoms with Gasteiger partial charge in [0.05, 0.1) is 12.6 Å². The Morgan fingerprint density at radius 2 is 1.82 bits per heavy atom. The molecule has 0 spiro atoms. The van der Waals surface area contributed by atoms with Gasteiger partial charge in [-0.2, -0.15) is 0 Å². The van der Waals surface area contributed by atoms with E-state index in [-0.39, 0.29) is 17.7 Å². The second-order valence-corrected chi connectivity index (χ2v) is 10.2. The highest BCUT2D eigenvalue weighted by atomic mass is 16.5. The van der Waals surface area contributed by atoms with Gasteiger partial charge < -0.3 is 14.7 Å². The van der Waals surface area contributed by atoms with Crippen LogP contribution in [0, 0.1) is 5.92 Å². The summed E-state index contributed by atoms with van der Waals surface area (Å²) in [5.41, 5.74) is 3.73. The van der Waals surface area contributed by atoms with E-state index >= 15 is 0 Å². The number of carbonyl (C=O) groups excluding carboxylic acids is 1. The molecule has 1 saturated heterocycles. The van der Waals surface area contributed by atoms with Crippen molar-refractivity contribution >= 4 is 5.78 Å². The van der Waals surface area contributed by atoms with E-state index in [0.29, 0.717) is 0 Å². The van der Waals surface area contributed by atoms with Crippen molar-refractivity contribution in [1.82, 2.24) is 9.80 Å². The number of hydrogen-bond donors (Lipinski definition) is 1. The van der Waals surface area contributed by atoms with Gasteiger partial charge in [-0.15, -0.1) is 0 Å². The standard InChI is InChI=1S/C29H38N2O3/c32-28(24-9-4-5-10-24)29(33)27(23-7-2-1-3-8-23)31-16-6-15-30(18-19-31)17-13-22-11-12-26-25(21-22)14-20-34-26/h1-3,7-8,11-12,21,24,27-28,32H,4-6,9-10,13-20H2. The number of aliphatic hydroxyl groups is 1. The number of ketones is 1. The molecule has 2 heterocycles. The summed E-state index contributed by atoms with van der Waals surface area (Å²) in [5.74, 6) is 1.16. The molecule has 2 atom stereocenters. The highest BCUT2D eigenvalue weighted by Gasteiger charge is 2.37. The average molecular weight is 463 g/mol. The number of Topliss-reactive ketones (excluding diaryl/α,β-unsaturated/α-hetero) is 1.